The maximum absolute atomic E-state index is 15.4. The third-order valence-corrected chi connectivity index (χ3v) is 8.65. The van der Waals surface area contributed by atoms with Gasteiger partial charge in [-0.25, -0.2) is 4.39 Å². The van der Waals surface area contributed by atoms with Crippen LogP contribution >= 0.6 is 0 Å². The molecule has 5 rings (SSSR count). The van der Waals surface area contributed by atoms with Gasteiger partial charge in [0.25, 0.3) is 0 Å². The Morgan fingerprint density at radius 3 is 2.67 bits per heavy atom. The summed E-state index contributed by atoms with van der Waals surface area (Å²) < 4.78 is 67.4. The number of unbranched alkanes of at least 4 members (excludes halogenated alkanes) is 1. The van der Waals surface area contributed by atoms with E-state index < -0.39 is 46.8 Å². The largest absolute Gasteiger partial charge is 0.416 e. The number of carbonyl (C=O) groups excluding carboxylic acids is 1. The van der Waals surface area contributed by atoms with Crippen molar-refractivity contribution < 1.29 is 42.0 Å². The summed E-state index contributed by atoms with van der Waals surface area (Å²) >= 11 is 0. The first kappa shape index (κ1) is 28.9. The van der Waals surface area contributed by atoms with Crippen LogP contribution in [-0.4, -0.2) is 66.6 Å². The first-order chi connectivity index (χ1) is 18.9. The number of morpholine rings is 1. The van der Waals surface area contributed by atoms with Gasteiger partial charge in [-0.3, -0.25) is 4.79 Å². The second-order valence-electron chi connectivity index (χ2n) is 11.1. The zero-order valence-corrected chi connectivity index (χ0v) is 22.2. The van der Waals surface area contributed by atoms with E-state index in [0.717, 1.165) is 18.2 Å². The molecule has 2 aromatic carbocycles. The highest BCUT2D eigenvalue weighted by molar-refractivity contribution is 5.81. The molecule has 3 aliphatic rings. The highest BCUT2D eigenvalue weighted by Gasteiger charge is 2.66. The summed E-state index contributed by atoms with van der Waals surface area (Å²) in [5.41, 5.74) is 2.32. The number of methoxy groups -OCH3 is 1. The standard InChI is InChI=1S/C29H34F4N2O5/c1-39-11-3-2-9-27(38)25-20(7-8-21(30)24(25)17-5-4-6-19(13-17)29(31,32)33)28(27)16-35(10-12-40-28)26(37)18-14-22(34)23(36)15-18/h4-8,13,18,22-23,36,38H,2-3,9-12,14-16,34H2,1H3/t18-,22+,23-,27-,28-/m0/s1. The fourth-order valence-corrected chi connectivity index (χ4v) is 6.63. The number of halogens is 4. The van der Waals surface area contributed by atoms with Crippen LogP contribution in [0.2, 0.25) is 0 Å². The summed E-state index contributed by atoms with van der Waals surface area (Å²) in [5, 5.41) is 22.4. The highest BCUT2D eigenvalue weighted by Crippen LogP contribution is 2.62. The lowest BCUT2D eigenvalue weighted by molar-refractivity contribution is -0.256. The Hall–Kier alpha value is -2.57. The van der Waals surface area contributed by atoms with Crippen LogP contribution in [0.1, 0.15) is 48.8 Å². The molecule has 2 aromatic rings. The van der Waals surface area contributed by atoms with E-state index >= 15 is 4.39 Å². The topological polar surface area (TPSA) is 105 Å². The van der Waals surface area contributed by atoms with E-state index in [0.29, 0.717) is 31.4 Å². The molecule has 2 aliphatic carbocycles. The van der Waals surface area contributed by atoms with Gasteiger partial charge in [0, 0.05) is 43.3 Å². The van der Waals surface area contributed by atoms with E-state index in [1.807, 2.05) is 0 Å². The molecular weight excluding hydrogens is 532 g/mol. The second kappa shape index (κ2) is 10.7. The van der Waals surface area contributed by atoms with Crippen LogP contribution in [0.5, 0.6) is 0 Å². The van der Waals surface area contributed by atoms with Crippen LogP contribution in [0.4, 0.5) is 17.6 Å². The predicted molar refractivity (Wildman–Crippen MR) is 137 cm³/mol. The fourth-order valence-electron chi connectivity index (χ4n) is 6.63. The van der Waals surface area contributed by atoms with Gasteiger partial charge in [-0.2, -0.15) is 13.2 Å². The number of fused-ring (bicyclic) bond motifs is 2. The van der Waals surface area contributed by atoms with E-state index in [9.17, 15) is 28.2 Å². The molecule has 0 bridgehead atoms. The second-order valence-corrected chi connectivity index (χ2v) is 11.1. The lowest BCUT2D eigenvalue weighted by Gasteiger charge is -2.60. The van der Waals surface area contributed by atoms with Crippen molar-refractivity contribution in [3.05, 3.63) is 58.9 Å². The maximum atomic E-state index is 15.4. The molecule has 0 unspecified atom stereocenters. The van der Waals surface area contributed by atoms with Crippen molar-refractivity contribution in [2.45, 2.75) is 61.6 Å². The van der Waals surface area contributed by atoms with Crippen molar-refractivity contribution in [3.63, 3.8) is 0 Å². The minimum Gasteiger partial charge on any atom is -0.391 e. The van der Waals surface area contributed by atoms with Gasteiger partial charge in [0.2, 0.25) is 5.91 Å². The Kier molecular flexibility index (Phi) is 7.73. The molecule has 1 heterocycles. The lowest BCUT2D eigenvalue weighted by Crippen LogP contribution is -2.68. The zero-order chi connectivity index (χ0) is 28.9. The first-order valence-corrected chi connectivity index (χ1v) is 13.5. The van der Waals surface area contributed by atoms with Gasteiger partial charge in [0.15, 0.2) is 0 Å². The smallest absolute Gasteiger partial charge is 0.391 e. The molecule has 7 nitrogen and oxygen atoms in total. The van der Waals surface area contributed by atoms with Gasteiger partial charge in [0.05, 0.1) is 24.8 Å². The van der Waals surface area contributed by atoms with Gasteiger partial charge in [-0.15, -0.1) is 0 Å². The van der Waals surface area contributed by atoms with Crippen molar-refractivity contribution in [2.24, 2.45) is 11.7 Å². The maximum Gasteiger partial charge on any atom is 0.416 e. The van der Waals surface area contributed by atoms with Gasteiger partial charge in [0.1, 0.15) is 17.0 Å². The third-order valence-electron chi connectivity index (χ3n) is 8.65. The Morgan fingerprint density at radius 1 is 1.23 bits per heavy atom. The van der Waals surface area contributed by atoms with Gasteiger partial charge in [-0.05, 0) is 61.4 Å². The minimum atomic E-state index is -4.63. The molecule has 4 N–H and O–H groups in total. The molecule has 1 saturated heterocycles. The Bertz CT molecular complexity index is 1260. The lowest BCUT2D eigenvalue weighted by atomic mass is 9.56. The number of aliphatic hydroxyl groups is 2. The molecule has 1 spiro atoms. The van der Waals surface area contributed by atoms with E-state index in [2.05, 4.69) is 0 Å². The minimum absolute atomic E-state index is 0.00739. The van der Waals surface area contributed by atoms with Crippen LogP contribution in [0, 0.1) is 11.7 Å². The summed E-state index contributed by atoms with van der Waals surface area (Å²) in [6.45, 7) is 0.771. The molecular formula is C29H34F4N2O5. The van der Waals surface area contributed by atoms with Crippen LogP contribution in [0.3, 0.4) is 0 Å². The molecule has 1 amide bonds. The summed E-state index contributed by atoms with van der Waals surface area (Å²) in [6, 6.07) is 6.53. The number of benzene rings is 2. The van der Waals surface area contributed by atoms with Crippen LogP contribution in [0.25, 0.3) is 11.1 Å². The number of hydrogen-bond donors (Lipinski definition) is 3. The summed E-state index contributed by atoms with van der Waals surface area (Å²) in [7, 11) is 1.55. The summed E-state index contributed by atoms with van der Waals surface area (Å²) in [4.78, 5) is 15.0. The molecule has 11 heteroatoms. The Morgan fingerprint density at radius 2 is 2.00 bits per heavy atom. The fraction of sp³-hybridized carbons (Fsp3) is 0.552. The van der Waals surface area contributed by atoms with Crippen LogP contribution in [-0.2, 0) is 31.6 Å². The van der Waals surface area contributed by atoms with E-state index in [1.165, 1.54) is 18.2 Å². The van der Waals surface area contributed by atoms with Crippen LogP contribution in [0.15, 0.2) is 36.4 Å². The van der Waals surface area contributed by atoms with Gasteiger partial charge >= 0.3 is 6.18 Å². The average Bonchev–Trinajstić information content (AvgIpc) is 3.27. The predicted octanol–water partition coefficient (Wildman–Crippen LogP) is 3.68. The van der Waals surface area contributed by atoms with E-state index in [1.54, 1.807) is 12.0 Å². The van der Waals surface area contributed by atoms with E-state index in [4.69, 9.17) is 15.2 Å². The molecule has 1 saturated carbocycles. The Labute approximate surface area is 229 Å². The highest BCUT2D eigenvalue weighted by atomic mass is 19.4. The van der Waals surface area contributed by atoms with Crippen molar-refractivity contribution in [3.8, 4) is 11.1 Å². The number of aliphatic hydroxyl groups excluding tert-OH is 1. The van der Waals surface area contributed by atoms with Gasteiger partial charge in [-0.1, -0.05) is 18.2 Å². The molecule has 2 fully saturated rings. The molecule has 218 valence electrons. The first-order valence-electron chi connectivity index (χ1n) is 13.5. The third kappa shape index (κ3) is 4.71. The van der Waals surface area contributed by atoms with Crippen molar-refractivity contribution >= 4 is 5.91 Å². The number of ether oxygens (including phenoxy) is 2. The number of nitrogens with zero attached hydrogens (tertiary/aromatic N) is 1. The van der Waals surface area contributed by atoms with E-state index in [-0.39, 0.29) is 55.1 Å². The van der Waals surface area contributed by atoms with Crippen molar-refractivity contribution in [1.29, 1.82) is 0 Å². The molecule has 0 aromatic heterocycles. The number of alkyl halides is 3. The monoisotopic (exact) mass is 566 g/mol. The quantitative estimate of drug-likeness (QED) is 0.349. The molecule has 1 aliphatic heterocycles. The number of nitrogens with two attached hydrogens (primary N) is 1. The molecule has 0 radical (unpaired) electrons. The number of hydrogen-bond acceptors (Lipinski definition) is 6. The zero-order valence-electron chi connectivity index (χ0n) is 22.2. The average molecular weight is 567 g/mol. The van der Waals surface area contributed by atoms with Crippen molar-refractivity contribution in [2.75, 3.05) is 33.4 Å². The van der Waals surface area contributed by atoms with Crippen molar-refractivity contribution in [1.82, 2.24) is 4.90 Å². The number of amides is 1. The SMILES string of the molecule is COCCCC[C@]1(O)c2c(ccc(F)c2-c2cccc(C(F)(F)F)c2)[C@@]12CN(C(=O)[C@H]1C[C@@H](N)[C@@H](O)C1)CCO2. The van der Waals surface area contributed by atoms with Crippen LogP contribution < -0.4 is 5.73 Å². The summed E-state index contributed by atoms with van der Waals surface area (Å²) in [6.07, 6.45) is -3.66. The van der Waals surface area contributed by atoms with Gasteiger partial charge < -0.3 is 30.3 Å². The number of rotatable bonds is 7. The summed E-state index contributed by atoms with van der Waals surface area (Å²) in [5.74, 6) is -1.44. The molecule has 5 atom stereocenters. The normalized spacial score (nSPS) is 29.9. The Balaban J connectivity index is 1.57. The molecule has 40 heavy (non-hydrogen) atoms. The number of carbonyl (C=O) groups is 1.